The molecule has 0 saturated heterocycles. The quantitative estimate of drug-likeness (QED) is 0.373. The highest BCUT2D eigenvalue weighted by Crippen LogP contribution is 2.32. The van der Waals surface area contributed by atoms with Gasteiger partial charge in [-0.1, -0.05) is 30.3 Å². The Balaban J connectivity index is 1.46. The van der Waals surface area contributed by atoms with Crippen LogP contribution in [-0.4, -0.2) is 33.0 Å². The molecule has 0 aliphatic carbocycles. The van der Waals surface area contributed by atoms with Gasteiger partial charge in [0.1, 0.15) is 5.75 Å². The molecule has 7 nitrogen and oxygen atoms in total. The number of carbonyl (C=O) groups is 1. The first-order chi connectivity index (χ1) is 16.4. The molecule has 1 aliphatic rings. The molecule has 0 spiro atoms. The van der Waals surface area contributed by atoms with Crippen molar-refractivity contribution in [2.75, 3.05) is 19.0 Å². The minimum atomic E-state index is -3.77. The molecule has 3 N–H and O–H groups in total. The number of para-hydroxylation sites is 1. The van der Waals surface area contributed by atoms with Crippen LogP contribution in [0, 0.1) is 0 Å². The molecule has 0 unspecified atom stereocenters. The van der Waals surface area contributed by atoms with E-state index in [0.717, 1.165) is 33.3 Å². The van der Waals surface area contributed by atoms with Gasteiger partial charge in [0.25, 0.3) is 0 Å². The summed E-state index contributed by atoms with van der Waals surface area (Å²) in [7, 11) is -2.15. The Labute approximate surface area is 198 Å². The second kappa shape index (κ2) is 8.96. The molecule has 1 aliphatic heterocycles. The summed E-state index contributed by atoms with van der Waals surface area (Å²) < 4.78 is 34.6. The van der Waals surface area contributed by atoms with Crippen molar-refractivity contribution in [3.63, 3.8) is 0 Å². The number of amides is 1. The number of aromatic amines is 1. The van der Waals surface area contributed by atoms with Crippen LogP contribution in [0.4, 0.5) is 5.69 Å². The normalized spacial score (nSPS) is 14.4. The zero-order chi connectivity index (χ0) is 23.7. The predicted molar refractivity (Wildman–Crippen MR) is 132 cm³/mol. The third kappa shape index (κ3) is 4.30. The average Bonchev–Trinajstić information content (AvgIpc) is 3.28. The van der Waals surface area contributed by atoms with Crippen molar-refractivity contribution in [1.82, 2.24) is 9.71 Å². The Morgan fingerprint density at radius 3 is 2.62 bits per heavy atom. The van der Waals surface area contributed by atoms with Crippen molar-refractivity contribution in [2.24, 2.45) is 0 Å². The number of anilines is 1. The van der Waals surface area contributed by atoms with Crippen LogP contribution in [0.15, 0.2) is 77.8 Å². The maximum absolute atomic E-state index is 13.2. The summed E-state index contributed by atoms with van der Waals surface area (Å²) in [5.74, 6) is 0.471. The summed E-state index contributed by atoms with van der Waals surface area (Å²) in [4.78, 5) is 15.1. The third-order valence-electron chi connectivity index (χ3n) is 6.27. The molecule has 0 fully saturated rings. The monoisotopic (exact) mass is 475 g/mol. The largest absolute Gasteiger partial charge is 0.497 e. The Kier molecular flexibility index (Phi) is 5.85. The molecule has 3 aromatic carbocycles. The number of sulfonamides is 1. The van der Waals surface area contributed by atoms with Gasteiger partial charge in [0.2, 0.25) is 15.9 Å². The van der Waals surface area contributed by atoms with E-state index in [1.165, 1.54) is 6.07 Å². The molecule has 34 heavy (non-hydrogen) atoms. The van der Waals surface area contributed by atoms with Crippen LogP contribution in [0.2, 0.25) is 0 Å². The fourth-order valence-corrected chi connectivity index (χ4v) is 5.53. The summed E-state index contributed by atoms with van der Waals surface area (Å²) in [6.45, 7) is 0.185. The van der Waals surface area contributed by atoms with Gasteiger partial charge in [-0.2, -0.15) is 0 Å². The van der Waals surface area contributed by atoms with Crippen molar-refractivity contribution in [3.05, 3.63) is 89.6 Å². The minimum Gasteiger partial charge on any atom is -0.497 e. The number of aryl methyl sites for hydroxylation is 1. The second-order valence-electron chi connectivity index (χ2n) is 8.33. The van der Waals surface area contributed by atoms with Crippen LogP contribution >= 0.6 is 0 Å². The first-order valence-electron chi connectivity index (χ1n) is 11.1. The molecule has 174 valence electrons. The standard InChI is InChI=1S/C26H25N3O4S/c1-33-19-9-6-17(7-10-19)22(23-15-27-25-5-3-2-4-21(23)25)16-28-34(31,32)20-11-12-24-18(14-20)8-13-26(30)29-24/h2-7,9-12,14-15,22,27-28H,8,13,16H2,1H3,(H,29,30)/t22-/m0/s1. The van der Waals surface area contributed by atoms with E-state index in [2.05, 4.69) is 15.0 Å². The molecule has 1 aromatic heterocycles. The van der Waals surface area contributed by atoms with Gasteiger partial charge in [0.05, 0.1) is 12.0 Å². The Hall–Kier alpha value is -3.62. The van der Waals surface area contributed by atoms with E-state index < -0.39 is 10.0 Å². The third-order valence-corrected chi connectivity index (χ3v) is 7.70. The molecule has 0 radical (unpaired) electrons. The molecule has 1 atom stereocenters. The topological polar surface area (TPSA) is 100 Å². The summed E-state index contributed by atoms with van der Waals surface area (Å²) >= 11 is 0. The van der Waals surface area contributed by atoms with Crippen LogP contribution in [0.25, 0.3) is 10.9 Å². The van der Waals surface area contributed by atoms with E-state index in [1.54, 1.807) is 19.2 Å². The summed E-state index contributed by atoms with van der Waals surface area (Å²) in [6.07, 6.45) is 2.81. The van der Waals surface area contributed by atoms with Crippen molar-refractivity contribution >= 4 is 32.5 Å². The molecule has 0 saturated carbocycles. The number of nitrogens with one attached hydrogen (secondary N) is 3. The van der Waals surface area contributed by atoms with Gasteiger partial charge in [-0.05, 0) is 59.5 Å². The average molecular weight is 476 g/mol. The highest BCUT2D eigenvalue weighted by atomic mass is 32.2. The molecule has 8 heteroatoms. The van der Waals surface area contributed by atoms with Crippen LogP contribution < -0.4 is 14.8 Å². The fourth-order valence-electron chi connectivity index (χ4n) is 4.43. The molecule has 5 rings (SSSR count). The Morgan fingerprint density at radius 2 is 1.82 bits per heavy atom. The van der Waals surface area contributed by atoms with E-state index >= 15 is 0 Å². The number of fused-ring (bicyclic) bond motifs is 2. The number of hydrogen-bond acceptors (Lipinski definition) is 4. The van der Waals surface area contributed by atoms with Gasteiger partial charge < -0.3 is 15.0 Å². The van der Waals surface area contributed by atoms with Crippen molar-refractivity contribution in [1.29, 1.82) is 0 Å². The van der Waals surface area contributed by atoms with E-state index in [4.69, 9.17) is 4.74 Å². The van der Waals surface area contributed by atoms with Gasteiger partial charge in [0, 0.05) is 41.7 Å². The first-order valence-corrected chi connectivity index (χ1v) is 12.6. The SMILES string of the molecule is COc1ccc([C@H](CNS(=O)(=O)c2ccc3c(c2)CCC(=O)N3)c2c[nH]c3ccccc23)cc1. The maximum Gasteiger partial charge on any atom is 0.240 e. The number of aromatic nitrogens is 1. The molecular weight excluding hydrogens is 450 g/mol. The number of H-pyrrole nitrogens is 1. The first kappa shape index (κ1) is 22.2. The molecular formula is C26H25N3O4S. The van der Waals surface area contributed by atoms with Crippen molar-refractivity contribution in [2.45, 2.75) is 23.7 Å². The highest BCUT2D eigenvalue weighted by molar-refractivity contribution is 7.89. The van der Waals surface area contributed by atoms with Gasteiger partial charge >= 0.3 is 0 Å². The molecule has 1 amide bonds. The second-order valence-corrected chi connectivity index (χ2v) is 10.1. The van der Waals surface area contributed by atoms with Crippen LogP contribution in [0.3, 0.4) is 0 Å². The van der Waals surface area contributed by atoms with E-state index in [-0.39, 0.29) is 23.3 Å². The lowest BCUT2D eigenvalue weighted by atomic mass is 9.91. The van der Waals surface area contributed by atoms with E-state index in [0.29, 0.717) is 18.5 Å². The Bertz CT molecular complexity index is 1460. The molecule has 2 heterocycles. The summed E-state index contributed by atoms with van der Waals surface area (Å²) in [5, 5.41) is 3.84. The van der Waals surface area contributed by atoms with Gasteiger partial charge in [0.15, 0.2) is 0 Å². The van der Waals surface area contributed by atoms with Gasteiger partial charge in [-0.25, -0.2) is 13.1 Å². The summed E-state index contributed by atoms with van der Waals surface area (Å²) in [6, 6.07) is 20.5. The van der Waals surface area contributed by atoms with Gasteiger partial charge in [-0.3, -0.25) is 4.79 Å². The van der Waals surface area contributed by atoms with Gasteiger partial charge in [-0.15, -0.1) is 0 Å². The van der Waals surface area contributed by atoms with Crippen LogP contribution in [-0.2, 0) is 21.2 Å². The maximum atomic E-state index is 13.2. The minimum absolute atomic E-state index is 0.0534. The van der Waals surface area contributed by atoms with Crippen molar-refractivity contribution < 1.29 is 17.9 Å². The smallest absolute Gasteiger partial charge is 0.240 e. The number of ether oxygens (including phenoxy) is 1. The van der Waals surface area contributed by atoms with Crippen LogP contribution in [0.5, 0.6) is 5.75 Å². The lowest BCUT2D eigenvalue weighted by Gasteiger charge is -2.20. The fraction of sp³-hybridized carbons (Fsp3) is 0.192. The lowest BCUT2D eigenvalue weighted by molar-refractivity contribution is -0.116. The number of hydrogen-bond donors (Lipinski definition) is 3. The lowest BCUT2D eigenvalue weighted by Crippen LogP contribution is -2.29. The van der Waals surface area contributed by atoms with Crippen LogP contribution in [0.1, 0.15) is 29.0 Å². The number of rotatable bonds is 7. The van der Waals surface area contributed by atoms with E-state index in [1.807, 2.05) is 54.7 Å². The molecule has 0 bridgehead atoms. The van der Waals surface area contributed by atoms with Crippen molar-refractivity contribution in [3.8, 4) is 5.75 Å². The zero-order valence-electron chi connectivity index (χ0n) is 18.7. The summed E-state index contributed by atoms with van der Waals surface area (Å²) in [5.41, 5.74) is 4.48. The highest BCUT2D eigenvalue weighted by Gasteiger charge is 2.24. The molecule has 4 aromatic rings. The number of benzene rings is 3. The van der Waals surface area contributed by atoms with E-state index in [9.17, 15) is 13.2 Å². The number of carbonyl (C=O) groups excluding carboxylic acids is 1. The zero-order valence-corrected chi connectivity index (χ0v) is 19.5. The number of methoxy groups -OCH3 is 1. The predicted octanol–water partition coefficient (Wildman–Crippen LogP) is 4.17. The Morgan fingerprint density at radius 1 is 1.03 bits per heavy atom.